The van der Waals surface area contributed by atoms with E-state index in [1.54, 1.807) is 11.9 Å². The highest BCUT2D eigenvalue weighted by Gasteiger charge is 2.32. The Morgan fingerprint density at radius 1 is 1.37 bits per heavy atom. The zero-order valence-electron chi connectivity index (χ0n) is 10.8. The zero-order chi connectivity index (χ0) is 13.9. The summed E-state index contributed by atoms with van der Waals surface area (Å²) >= 11 is 1.47. The molecule has 6 heteroatoms. The summed E-state index contributed by atoms with van der Waals surface area (Å²) in [5.41, 5.74) is 0. The highest BCUT2D eigenvalue weighted by molar-refractivity contribution is 8.00. The first-order valence-corrected chi connectivity index (χ1v) is 8.92. The molecular formula is C13H17NO3S2. The van der Waals surface area contributed by atoms with Gasteiger partial charge in [-0.15, -0.1) is 11.8 Å². The maximum atomic E-state index is 12.0. The molecule has 1 aromatic carbocycles. The molecule has 2 rings (SSSR count). The van der Waals surface area contributed by atoms with E-state index < -0.39 is 9.84 Å². The zero-order valence-corrected chi connectivity index (χ0v) is 12.4. The summed E-state index contributed by atoms with van der Waals surface area (Å²) in [5.74, 6) is 0.625. The first-order chi connectivity index (χ1) is 8.98. The van der Waals surface area contributed by atoms with Crippen molar-refractivity contribution in [1.82, 2.24) is 4.90 Å². The average Bonchev–Trinajstić information content (AvgIpc) is 2.76. The van der Waals surface area contributed by atoms with Crippen molar-refractivity contribution in [3.8, 4) is 0 Å². The Morgan fingerprint density at radius 2 is 2.05 bits per heavy atom. The van der Waals surface area contributed by atoms with Gasteiger partial charge in [0.15, 0.2) is 9.84 Å². The van der Waals surface area contributed by atoms with Crippen molar-refractivity contribution in [2.24, 2.45) is 0 Å². The summed E-state index contributed by atoms with van der Waals surface area (Å²) in [6.45, 7) is 0. The molecule has 0 N–H and O–H groups in total. The second kappa shape index (κ2) is 5.96. The molecule has 1 unspecified atom stereocenters. The van der Waals surface area contributed by atoms with Crippen molar-refractivity contribution in [3.05, 3.63) is 30.3 Å². The molecule has 0 saturated carbocycles. The van der Waals surface area contributed by atoms with Gasteiger partial charge in [0.1, 0.15) is 0 Å². The van der Waals surface area contributed by atoms with Crippen LogP contribution in [0.5, 0.6) is 0 Å². The lowest BCUT2D eigenvalue weighted by atomic mass is 10.2. The molecule has 1 aromatic rings. The predicted molar refractivity (Wildman–Crippen MR) is 77.0 cm³/mol. The maximum Gasteiger partial charge on any atom is 0.232 e. The molecule has 0 radical (unpaired) electrons. The molecule has 0 aromatic heterocycles. The molecule has 104 valence electrons. The number of carbonyl (C=O) groups is 1. The third-order valence-corrected chi connectivity index (χ3v) is 6.00. The average molecular weight is 299 g/mol. The van der Waals surface area contributed by atoms with Gasteiger partial charge in [0.25, 0.3) is 0 Å². The van der Waals surface area contributed by atoms with Crippen LogP contribution in [0.3, 0.4) is 0 Å². The van der Waals surface area contributed by atoms with Crippen LogP contribution in [0, 0.1) is 0 Å². The van der Waals surface area contributed by atoms with Crippen molar-refractivity contribution in [3.63, 3.8) is 0 Å². The van der Waals surface area contributed by atoms with Crippen LogP contribution < -0.4 is 0 Å². The third-order valence-electron chi connectivity index (χ3n) is 3.26. The van der Waals surface area contributed by atoms with E-state index in [0.717, 1.165) is 4.90 Å². The normalized spacial score (nSPS) is 21.2. The summed E-state index contributed by atoms with van der Waals surface area (Å²) < 4.78 is 22.8. The number of hydrogen-bond donors (Lipinski definition) is 0. The SMILES string of the molecule is CN(C(=O)CSc1ccccc1)C1CCS(=O)(=O)C1. The summed E-state index contributed by atoms with van der Waals surface area (Å²) in [6, 6.07) is 9.55. The molecule has 1 saturated heterocycles. The van der Waals surface area contributed by atoms with Gasteiger partial charge in [-0.1, -0.05) is 18.2 Å². The molecular weight excluding hydrogens is 282 g/mol. The van der Waals surface area contributed by atoms with Crippen molar-refractivity contribution >= 4 is 27.5 Å². The quantitative estimate of drug-likeness (QED) is 0.789. The van der Waals surface area contributed by atoms with E-state index >= 15 is 0 Å². The van der Waals surface area contributed by atoms with E-state index in [2.05, 4.69) is 0 Å². The fraction of sp³-hybridized carbons (Fsp3) is 0.462. The Balaban J connectivity index is 1.87. The molecule has 0 spiro atoms. The van der Waals surface area contributed by atoms with Gasteiger partial charge in [-0.3, -0.25) is 4.79 Å². The van der Waals surface area contributed by atoms with Crippen LogP contribution in [0.15, 0.2) is 35.2 Å². The van der Waals surface area contributed by atoms with Crippen molar-refractivity contribution in [1.29, 1.82) is 0 Å². The Hall–Kier alpha value is -1.01. The highest BCUT2D eigenvalue weighted by Crippen LogP contribution is 2.20. The fourth-order valence-electron chi connectivity index (χ4n) is 2.05. The van der Waals surface area contributed by atoms with E-state index in [9.17, 15) is 13.2 Å². The topological polar surface area (TPSA) is 54.5 Å². The van der Waals surface area contributed by atoms with Crippen LogP contribution in [-0.4, -0.2) is 49.6 Å². The first kappa shape index (κ1) is 14.4. The number of thioether (sulfide) groups is 1. The van der Waals surface area contributed by atoms with E-state index in [0.29, 0.717) is 12.2 Å². The van der Waals surface area contributed by atoms with E-state index in [-0.39, 0.29) is 23.5 Å². The largest absolute Gasteiger partial charge is 0.341 e. The standard InChI is InChI=1S/C13H17NO3S2/c1-14(11-7-8-19(16,17)10-11)13(15)9-18-12-5-3-2-4-6-12/h2-6,11H,7-10H2,1H3. The molecule has 1 aliphatic heterocycles. The number of rotatable bonds is 4. The molecule has 1 amide bonds. The van der Waals surface area contributed by atoms with Crippen LogP contribution in [0.2, 0.25) is 0 Å². The Kier molecular flexibility index (Phi) is 4.52. The monoisotopic (exact) mass is 299 g/mol. The molecule has 0 bridgehead atoms. The minimum absolute atomic E-state index is 0.0176. The van der Waals surface area contributed by atoms with Gasteiger partial charge in [0.2, 0.25) is 5.91 Å². The summed E-state index contributed by atoms with van der Waals surface area (Å²) in [4.78, 5) is 14.7. The molecule has 19 heavy (non-hydrogen) atoms. The maximum absolute atomic E-state index is 12.0. The van der Waals surface area contributed by atoms with E-state index in [1.807, 2.05) is 30.3 Å². The molecule has 1 atom stereocenters. The van der Waals surface area contributed by atoms with E-state index in [4.69, 9.17) is 0 Å². The second-order valence-corrected chi connectivity index (χ2v) is 7.94. The number of sulfone groups is 1. The lowest BCUT2D eigenvalue weighted by Crippen LogP contribution is -2.38. The Labute approximate surface area is 118 Å². The highest BCUT2D eigenvalue weighted by atomic mass is 32.2. The molecule has 1 heterocycles. The minimum Gasteiger partial charge on any atom is -0.341 e. The van der Waals surface area contributed by atoms with Crippen LogP contribution in [-0.2, 0) is 14.6 Å². The van der Waals surface area contributed by atoms with Crippen molar-refractivity contribution < 1.29 is 13.2 Å². The van der Waals surface area contributed by atoms with Crippen LogP contribution in [0.1, 0.15) is 6.42 Å². The predicted octanol–water partition coefficient (Wildman–Crippen LogP) is 1.42. The number of carbonyl (C=O) groups excluding carboxylic acids is 1. The van der Waals surface area contributed by atoms with Crippen molar-refractivity contribution in [2.45, 2.75) is 17.4 Å². The van der Waals surface area contributed by atoms with Gasteiger partial charge < -0.3 is 4.90 Å². The second-order valence-electron chi connectivity index (χ2n) is 4.66. The third kappa shape index (κ3) is 3.98. The fourth-order valence-corrected chi connectivity index (χ4v) is 4.67. The van der Waals surface area contributed by atoms with Crippen molar-refractivity contribution in [2.75, 3.05) is 24.3 Å². The summed E-state index contributed by atoms with van der Waals surface area (Å²) in [7, 11) is -1.25. The van der Waals surface area contributed by atoms with Gasteiger partial charge in [-0.2, -0.15) is 0 Å². The van der Waals surface area contributed by atoms with Crippen LogP contribution in [0.25, 0.3) is 0 Å². The smallest absolute Gasteiger partial charge is 0.232 e. The van der Waals surface area contributed by atoms with Crippen LogP contribution >= 0.6 is 11.8 Å². The Morgan fingerprint density at radius 3 is 2.63 bits per heavy atom. The van der Waals surface area contributed by atoms with Crippen LogP contribution in [0.4, 0.5) is 0 Å². The lowest BCUT2D eigenvalue weighted by Gasteiger charge is -2.23. The number of hydrogen-bond acceptors (Lipinski definition) is 4. The molecule has 1 fully saturated rings. The van der Waals surface area contributed by atoms with Gasteiger partial charge in [-0.25, -0.2) is 8.42 Å². The van der Waals surface area contributed by atoms with E-state index in [1.165, 1.54) is 11.8 Å². The molecule has 1 aliphatic rings. The number of nitrogens with zero attached hydrogens (tertiary/aromatic N) is 1. The van der Waals surface area contributed by atoms with Gasteiger partial charge in [0, 0.05) is 18.0 Å². The molecule has 4 nitrogen and oxygen atoms in total. The number of amides is 1. The van der Waals surface area contributed by atoms with Gasteiger partial charge in [0.05, 0.1) is 17.3 Å². The molecule has 0 aliphatic carbocycles. The summed E-state index contributed by atoms with van der Waals surface area (Å²) in [5, 5.41) is 0. The van der Waals surface area contributed by atoms with Gasteiger partial charge in [-0.05, 0) is 18.6 Å². The summed E-state index contributed by atoms with van der Waals surface area (Å²) in [6.07, 6.45) is 0.556. The lowest BCUT2D eigenvalue weighted by molar-refractivity contribution is -0.128. The Bertz CT molecular complexity index is 542. The minimum atomic E-state index is -2.94. The first-order valence-electron chi connectivity index (χ1n) is 6.12. The van der Waals surface area contributed by atoms with Gasteiger partial charge >= 0.3 is 0 Å². The number of benzene rings is 1.